The van der Waals surface area contributed by atoms with Crippen molar-refractivity contribution in [2.75, 3.05) is 11.9 Å². The number of nitrogens with one attached hydrogen (secondary N) is 2. The lowest BCUT2D eigenvalue weighted by atomic mass is 10.1. The maximum atomic E-state index is 11.4. The van der Waals surface area contributed by atoms with Crippen LogP contribution >= 0.6 is 12.4 Å². The summed E-state index contributed by atoms with van der Waals surface area (Å²) in [6, 6.07) is 7.37. The molecule has 7 heteroatoms. The van der Waals surface area contributed by atoms with Gasteiger partial charge in [0, 0.05) is 11.5 Å². The number of benzene rings is 1. The summed E-state index contributed by atoms with van der Waals surface area (Å²) >= 11 is 0. The fourth-order valence-electron chi connectivity index (χ4n) is 1.64. The van der Waals surface area contributed by atoms with Crippen molar-refractivity contribution < 1.29 is 4.79 Å². The van der Waals surface area contributed by atoms with Crippen LogP contribution in [0.1, 0.15) is 25.6 Å². The zero-order valence-corrected chi connectivity index (χ0v) is 12.2. The van der Waals surface area contributed by atoms with Gasteiger partial charge in [-0.05, 0) is 12.1 Å². The van der Waals surface area contributed by atoms with Crippen LogP contribution < -0.4 is 11.1 Å². The van der Waals surface area contributed by atoms with Crippen molar-refractivity contribution in [3.8, 4) is 11.4 Å². The van der Waals surface area contributed by atoms with E-state index in [1.165, 1.54) is 0 Å². The molecule has 0 aliphatic rings. The minimum atomic E-state index is -0.243. The number of rotatable bonds is 4. The van der Waals surface area contributed by atoms with E-state index in [9.17, 15) is 4.79 Å². The second-order valence-corrected chi connectivity index (χ2v) is 4.50. The van der Waals surface area contributed by atoms with Crippen molar-refractivity contribution in [3.05, 3.63) is 30.1 Å². The number of nitrogens with two attached hydrogens (primary N) is 1. The number of hydrogen-bond donors (Lipinski definition) is 3. The molecule has 1 aromatic heterocycles. The van der Waals surface area contributed by atoms with Gasteiger partial charge in [-0.3, -0.25) is 9.89 Å². The van der Waals surface area contributed by atoms with Gasteiger partial charge in [-0.15, -0.1) is 12.4 Å². The molecule has 0 saturated heterocycles. The highest BCUT2D eigenvalue weighted by atomic mass is 35.5. The minimum Gasteiger partial charge on any atom is -0.324 e. The Kier molecular flexibility index (Phi) is 5.66. The van der Waals surface area contributed by atoms with Gasteiger partial charge in [0.15, 0.2) is 5.82 Å². The van der Waals surface area contributed by atoms with Crippen LogP contribution in [-0.2, 0) is 4.79 Å². The smallest absolute Gasteiger partial charge is 0.238 e. The summed E-state index contributed by atoms with van der Waals surface area (Å²) in [6.45, 7) is 4.01. The molecule has 0 radical (unpaired) electrons. The molecule has 0 fully saturated rings. The number of anilines is 1. The van der Waals surface area contributed by atoms with E-state index >= 15 is 0 Å². The predicted octanol–water partition coefficient (Wildman–Crippen LogP) is 1.91. The molecule has 2 rings (SSSR count). The first-order chi connectivity index (χ1) is 9.11. The lowest BCUT2D eigenvalue weighted by molar-refractivity contribution is -0.114. The number of amides is 1. The Morgan fingerprint density at radius 3 is 2.70 bits per heavy atom. The molecule has 108 valence electrons. The fraction of sp³-hybridized carbons (Fsp3) is 0.308. The molecular weight excluding hydrogens is 278 g/mol. The Morgan fingerprint density at radius 2 is 2.10 bits per heavy atom. The molecule has 0 bridgehead atoms. The van der Waals surface area contributed by atoms with Crippen molar-refractivity contribution in [1.82, 2.24) is 15.2 Å². The SMILES string of the molecule is CC(C)c1nc(-c2ccccc2NC(=O)CN)n[nH]1.Cl. The second kappa shape index (κ2) is 7.02. The number of para-hydroxylation sites is 1. The Hall–Kier alpha value is -1.92. The van der Waals surface area contributed by atoms with Crippen LogP contribution in [0.5, 0.6) is 0 Å². The molecular formula is C13H18ClN5O. The largest absolute Gasteiger partial charge is 0.324 e. The molecule has 0 spiro atoms. The van der Waals surface area contributed by atoms with Crippen LogP contribution in [0, 0.1) is 0 Å². The van der Waals surface area contributed by atoms with Crippen molar-refractivity contribution in [2.45, 2.75) is 19.8 Å². The Balaban J connectivity index is 0.00000200. The summed E-state index contributed by atoms with van der Waals surface area (Å²) in [5.41, 5.74) is 6.73. The first-order valence-electron chi connectivity index (χ1n) is 6.13. The lowest BCUT2D eigenvalue weighted by Gasteiger charge is -2.07. The van der Waals surface area contributed by atoms with E-state index in [4.69, 9.17) is 5.73 Å². The summed E-state index contributed by atoms with van der Waals surface area (Å²) in [5, 5.41) is 9.82. The molecule has 2 aromatic rings. The molecule has 1 heterocycles. The van der Waals surface area contributed by atoms with Gasteiger partial charge in [0.2, 0.25) is 5.91 Å². The van der Waals surface area contributed by atoms with E-state index in [0.29, 0.717) is 11.5 Å². The maximum absolute atomic E-state index is 11.4. The molecule has 6 nitrogen and oxygen atoms in total. The zero-order chi connectivity index (χ0) is 13.8. The topological polar surface area (TPSA) is 96.7 Å². The Labute approximate surface area is 123 Å². The summed E-state index contributed by atoms with van der Waals surface area (Å²) in [7, 11) is 0. The number of hydrogen-bond acceptors (Lipinski definition) is 4. The average Bonchev–Trinajstić information content (AvgIpc) is 2.89. The van der Waals surface area contributed by atoms with E-state index in [1.807, 2.05) is 32.0 Å². The molecule has 0 saturated carbocycles. The van der Waals surface area contributed by atoms with Gasteiger partial charge in [0.25, 0.3) is 0 Å². The van der Waals surface area contributed by atoms with Crippen molar-refractivity contribution in [1.29, 1.82) is 0 Å². The van der Waals surface area contributed by atoms with Gasteiger partial charge in [-0.25, -0.2) is 4.98 Å². The number of halogens is 1. The predicted molar refractivity (Wildman–Crippen MR) is 80.8 cm³/mol. The number of carbonyl (C=O) groups excluding carboxylic acids is 1. The number of aromatic nitrogens is 3. The van der Waals surface area contributed by atoms with Gasteiger partial charge in [-0.1, -0.05) is 26.0 Å². The third kappa shape index (κ3) is 3.55. The second-order valence-electron chi connectivity index (χ2n) is 4.50. The molecule has 1 amide bonds. The summed E-state index contributed by atoms with van der Waals surface area (Å²) in [6.07, 6.45) is 0. The number of nitrogens with zero attached hydrogens (tertiary/aromatic N) is 2. The summed E-state index contributed by atoms with van der Waals surface area (Å²) in [4.78, 5) is 15.8. The van der Waals surface area contributed by atoms with E-state index in [0.717, 1.165) is 11.4 Å². The van der Waals surface area contributed by atoms with Gasteiger partial charge >= 0.3 is 0 Å². The third-order valence-electron chi connectivity index (χ3n) is 2.68. The van der Waals surface area contributed by atoms with Crippen molar-refractivity contribution >= 4 is 24.0 Å². The molecule has 1 aromatic carbocycles. The van der Waals surface area contributed by atoms with Gasteiger partial charge < -0.3 is 11.1 Å². The van der Waals surface area contributed by atoms with E-state index in [2.05, 4.69) is 20.5 Å². The first-order valence-corrected chi connectivity index (χ1v) is 6.13. The highest BCUT2D eigenvalue weighted by Gasteiger charge is 2.13. The normalized spacial score (nSPS) is 10.2. The van der Waals surface area contributed by atoms with E-state index in [-0.39, 0.29) is 30.8 Å². The van der Waals surface area contributed by atoms with E-state index < -0.39 is 0 Å². The highest BCUT2D eigenvalue weighted by molar-refractivity contribution is 5.95. The van der Waals surface area contributed by atoms with Gasteiger partial charge in [-0.2, -0.15) is 5.10 Å². The zero-order valence-electron chi connectivity index (χ0n) is 11.4. The average molecular weight is 296 g/mol. The number of aromatic amines is 1. The van der Waals surface area contributed by atoms with E-state index in [1.54, 1.807) is 6.07 Å². The van der Waals surface area contributed by atoms with Crippen LogP contribution in [0.15, 0.2) is 24.3 Å². The minimum absolute atomic E-state index is 0. The highest BCUT2D eigenvalue weighted by Crippen LogP contribution is 2.25. The quantitative estimate of drug-likeness (QED) is 0.802. The van der Waals surface area contributed by atoms with Crippen LogP contribution in [0.3, 0.4) is 0 Å². The number of H-pyrrole nitrogens is 1. The van der Waals surface area contributed by atoms with Crippen LogP contribution in [0.4, 0.5) is 5.69 Å². The first kappa shape index (κ1) is 16.1. The van der Waals surface area contributed by atoms with Crippen molar-refractivity contribution in [2.24, 2.45) is 5.73 Å². The Bertz CT molecular complexity index is 582. The molecule has 0 unspecified atom stereocenters. The molecule has 0 aliphatic heterocycles. The Morgan fingerprint density at radius 1 is 1.40 bits per heavy atom. The van der Waals surface area contributed by atoms with Crippen LogP contribution in [0.2, 0.25) is 0 Å². The third-order valence-corrected chi connectivity index (χ3v) is 2.68. The maximum Gasteiger partial charge on any atom is 0.238 e. The summed E-state index contributed by atoms with van der Waals surface area (Å²) in [5.74, 6) is 1.41. The molecule has 20 heavy (non-hydrogen) atoms. The monoisotopic (exact) mass is 295 g/mol. The summed E-state index contributed by atoms with van der Waals surface area (Å²) < 4.78 is 0. The molecule has 4 N–H and O–H groups in total. The lowest BCUT2D eigenvalue weighted by Crippen LogP contribution is -2.22. The van der Waals surface area contributed by atoms with Crippen LogP contribution in [0.25, 0.3) is 11.4 Å². The van der Waals surface area contributed by atoms with Crippen LogP contribution in [-0.4, -0.2) is 27.6 Å². The molecule has 0 aliphatic carbocycles. The van der Waals surface area contributed by atoms with Gasteiger partial charge in [0.1, 0.15) is 5.82 Å². The fourth-order valence-corrected chi connectivity index (χ4v) is 1.64. The van der Waals surface area contributed by atoms with Crippen molar-refractivity contribution in [3.63, 3.8) is 0 Å². The number of carbonyl (C=O) groups is 1. The molecule has 0 atom stereocenters. The van der Waals surface area contributed by atoms with Gasteiger partial charge in [0.05, 0.1) is 12.2 Å². The standard InChI is InChI=1S/C13H17N5O.ClH/c1-8(2)12-16-13(18-17-12)9-5-3-4-6-10(9)15-11(19)7-14;/h3-6,8H,7,14H2,1-2H3,(H,15,19)(H,16,17,18);1H.